The Morgan fingerprint density at radius 1 is 1.00 bits per heavy atom. The van der Waals surface area contributed by atoms with E-state index in [1.807, 2.05) is 0 Å². The number of nitrogens with two attached hydrogens (primary N) is 1. The summed E-state index contributed by atoms with van der Waals surface area (Å²) in [4.78, 5) is 0. The summed E-state index contributed by atoms with van der Waals surface area (Å²) in [6.45, 7) is 2.92. The van der Waals surface area contributed by atoms with Gasteiger partial charge in [0.1, 0.15) is 11.0 Å². The predicted molar refractivity (Wildman–Crippen MR) is 83.7 cm³/mol. The third kappa shape index (κ3) is 3.79. The third-order valence-corrected chi connectivity index (χ3v) is 3.88. The standard InChI is InChI=1S/C16H26N4/c1-2-3-4-5-6-7-8-13-9-10-15-16(19-20-18-15)14(13)11-12-17/h9-10H,2-8,11-12,17H2,1H3,(H,18,19,20). The number of benzene rings is 1. The second-order valence-electron chi connectivity index (χ2n) is 5.45. The minimum Gasteiger partial charge on any atom is -0.330 e. The molecular weight excluding hydrogens is 248 g/mol. The number of aromatic amines is 1. The molecule has 2 aromatic rings. The summed E-state index contributed by atoms with van der Waals surface area (Å²) in [6, 6.07) is 4.26. The smallest absolute Gasteiger partial charge is 0.116 e. The van der Waals surface area contributed by atoms with Crippen molar-refractivity contribution in [3.63, 3.8) is 0 Å². The van der Waals surface area contributed by atoms with E-state index in [1.165, 1.54) is 49.7 Å². The Hall–Kier alpha value is -1.42. The number of hydrogen-bond acceptors (Lipinski definition) is 3. The number of hydrogen-bond donors (Lipinski definition) is 2. The van der Waals surface area contributed by atoms with Gasteiger partial charge in [-0.15, -0.1) is 0 Å². The molecule has 0 fully saturated rings. The minimum absolute atomic E-state index is 0.662. The molecule has 1 aromatic heterocycles. The SMILES string of the molecule is CCCCCCCCc1ccc2n[nH]nc2c1CCN. The molecular formula is C16H26N4. The van der Waals surface area contributed by atoms with Crippen molar-refractivity contribution >= 4 is 11.0 Å². The fourth-order valence-corrected chi connectivity index (χ4v) is 2.76. The monoisotopic (exact) mass is 274 g/mol. The Kier molecular flexibility index (Phi) is 5.99. The van der Waals surface area contributed by atoms with Gasteiger partial charge in [-0.05, 0) is 43.0 Å². The second kappa shape index (κ2) is 8.00. The Morgan fingerprint density at radius 2 is 1.80 bits per heavy atom. The molecule has 0 bridgehead atoms. The highest BCUT2D eigenvalue weighted by Gasteiger charge is 2.10. The number of unbranched alkanes of at least 4 members (excludes halogenated alkanes) is 5. The van der Waals surface area contributed by atoms with E-state index in [0.29, 0.717) is 6.54 Å². The topological polar surface area (TPSA) is 67.6 Å². The molecule has 0 aliphatic carbocycles. The van der Waals surface area contributed by atoms with Crippen molar-refractivity contribution in [2.45, 2.75) is 58.3 Å². The Labute approximate surface area is 121 Å². The van der Waals surface area contributed by atoms with Gasteiger partial charge < -0.3 is 5.73 Å². The second-order valence-corrected chi connectivity index (χ2v) is 5.45. The lowest BCUT2D eigenvalue weighted by atomic mass is 9.97. The van der Waals surface area contributed by atoms with Gasteiger partial charge >= 0.3 is 0 Å². The molecule has 0 aliphatic rings. The summed E-state index contributed by atoms with van der Waals surface area (Å²) in [5.74, 6) is 0. The zero-order valence-corrected chi connectivity index (χ0v) is 12.5. The fourth-order valence-electron chi connectivity index (χ4n) is 2.76. The zero-order valence-electron chi connectivity index (χ0n) is 12.5. The van der Waals surface area contributed by atoms with Crippen molar-refractivity contribution in [3.8, 4) is 0 Å². The third-order valence-electron chi connectivity index (χ3n) is 3.88. The molecule has 0 atom stereocenters. The molecule has 110 valence electrons. The van der Waals surface area contributed by atoms with Gasteiger partial charge in [0.15, 0.2) is 0 Å². The first-order valence-corrected chi connectivity index (χ1v) is 7.88. The van der Waals surface area contributed by atoms with E-state index in [0.717, 1.165) is 23.9 Å². The Morgan fingerprint density at radius 3 is 2.60 bits per heavy atom. The number of H-pyrrole nitrogens is 1. The number of fused-ring (bicyclic) bond motifs is 1. The van der Waals surface area contributed by atoms with Crippen molar-refractivity contribution in [3.05, 3.63) is 23.3 Å². The molecule has 3 N–H and O–H groups in total. The van der Waals surface area contributed by atoms with E-state index in [4.69, 9.17) is 5.73 Å². The summed E-state index contributed by atoms with van der Waals surface area (Å²) in [5, 5.41) is 11.1. The highest BCUT2D eigenvalue weighted by Crippen LogP contribution is 2.21. The van der Waals surface area contributed by atoms with Crippen LogP contribution in [0.4, 0.5) is 0 Å². The minimum atomic E-state index is 0.662. The van der Waals surface area contributed by atoms with Crippen molar-refractivity contribution in [1.29, 1.82) is 0 Å². The van der Waals surface area contributed by atoms with Crippen LogP contribution < -0.4 is 5.73 Å². The van der Waals surface area contributed by atoms with E-state index in [9.17, 15) is 0 Å². The quantitative estimate of drug-likeness (QED) is 0.689. The molecule has 1 heterocycles. The van der Waals surface area contributed by atoms with E-state index in [-0.39, 0.29) is 0 Å². The average molecular weight is 274 g/mol. The molecule has 4 nitrogen and oxygen atoms in total. The van der Waals surface area contributed by atoms with Gasteiger partial charge in [0.05, 0.1) is 0 Å². The van der Waals surface area contributed by atoms with Crippen LogP contribution in [0.5, 0.6) is 0 Å². The summed E-state index contributed by atoms with van der Waals surface area (Å²) < 4.78 is 0. The van der Waals surface area contributed by atoms with Gasteiger partial charge in [-0.25, -0.2) is 0 Å². The van der Waals surface area contributed by atoms with E-state index in [2.05, 4.69) is 34.5 Å². The molecule has 0 amide bonds. The Bertz CT molecular complexity index is 518. The van der Waals surface area contributed by atoms with Crippen LogP contribution in [-0.2, 0) is 12.8 Å². The highest BCUT2D eigenvalue weighted by molar-refractivity contribution is 5.78. The molecule has 0 spiro atoms. The maximum Gasteiger partial charge on any atom is 0.116 e. The molecule has 4 heteroatoms. The Balaban J connectivity index is 1.96. The van der Waals surface area contributed by atoms with E-state index >= 15 is 0 Å². The van der Waals surface area contributed by atoms with Crippen LogP contribution in [-0.4, -0.2) is 22.0 Å². The predicted octanol–water partition coefficient (Wildman–Crippen LogP) is 3.36. The molecule has 1 aromatic carbocycles. The number of aryl methyl sites for hydroxylation is 1. The molecule has 0 unspecified atom stereocenters. The molecule has 0 aliphatic heterocycles. The lowest BCUT2D eigenvalue weighted by Gasteiger charge is -2.09. The van der Waals surface area contributed by atoms with Crippen LogP contribution in [0.1, 0.15) is 56.6 Å². The van der Waals surface area contributed by atoms with Crippen LogP contribution in [0.3, 0.4) is 0 Å². The van der Waals surface area contributed by atoms with Crippen molar-refractivity contribution in [2.75, 3.05) is 6.54 Å². The van der Waals surface area contributed by atoms with Gasteiger partial charge in [0, 0.05) is 0 Å². The lowest BCUT2D eigenvalue weighted by molar-refractivity contribution is 0.606. The first kappa shape index (κ1) is 15.0. The normalized spacial score (nSPS) is 11.3. The number of nitrogens with zero attached hydrogens (tertiary/aromatic N) is 2. The van der Waals surface area contributed by atoms with Gasteiger partial charge in [-0.2, -0.15) is 15.4 Å². The van der Waals surface area contributed by atoms with Crippen LogP contribution >= 0.6 is 0 Å². The fraction of sp³-hybridized carbons (Fsp3) is 0.625. The summed E-state index contributed by atoms with van der Waals surface area (Å²) >= 11 is 0. The van der Waals surface area contributed by atoms with Crippen LogP contribution in [0.2, 0.25) is 0 Å². The first-order chi connectivity index (χ1) is 9.86. The maximum atomic E-state index is 5.74. The number of nitrogens with one attached hydrogen (secondary N) is 1. The average Bonchev–Trinajstić information content (AvgIpc) is 2.93. The summed E-state index contributed by atoms with van der Waals surface area (Å²) in [5.41, 5.74) is 10.4. The lowest BCUT2D eigenvalue weighted by Crippen LogP contribution is -2.06. The number of rotatable bonds is 9. The highest BCUT2D eigenvalue weighted by atomic mass is 15.3. The van der Waals surface area contributed by atoms with Gasteiger partial charge in [-0.3, -0.25) is 0 Å². The largest absolute Gasteiger partial charge is 0.330 e. The van der Waals surface area contributed by atoms with E-state index < -0.39 is 0 Å². The van der Waals surface area contributed by atoms with Crippen LogP contribution in [0.15, 0.2) is 12.1 Å². The maximum absolute atomic E-state index is 5.74. The molecule has 0 radical (unpaired) electrons. The van der Waals surface area contributed by atoms with Crippen LogP contribution in [0, 0.1) is 0 Å². The van der Waals surface area contributed by atoms with Crippen molar-refractivity contribution in [2.24, 2.45) is 5.73 Å². The molecule has 0 saturated heterocycles. The van der Waals surface area contributed by atoms with Gasteiger partial charge in [0.25, 0.3) is 0 Å². The molecule has 2 rings (SSSR count). The first-order valence-electron chi connectivity index (χ1n) is 7.88. The summed E-state index contributed by atoms with van der Waals surface area (Å²) in [7, 11) is 0. The van der Waals surface area contributed by atoms with Crippen LogP contribution in [0.25, 0.3) is 11.0 Å². The molecule has 20 heavy (non-hydrogen) atoms. The van der Waals surface area contributed by atoms with Gasteiger partial charge in [-0.1, -0.05) is 45.1 Å². The van der Waals surface area contributed by atoms with Crippen molar-refractivity contribution in [1.82, 2.24) is 15.4 Å². The van der Waals surface area contributed by atoms with E-state index in [1.54, 1.807) is 0 Å². The van der Waals surface area contributed by atoms with Gasteiger partial charge in [0.2, 0.25) is 0 Å². The zero-order chi connectivity index (χ0) is 14.2. The molecule has 0 saturated carbocycles. The van der Waals surface area contributed by atoms with Crippen molar-refractivity contribution < 1.29 is 0 Å². The number of aromatic nitrogens is 3. The summed E-state index contributed by atoms with van der Waals surface area (Å²) in [6.07, 6.45) is 9.98.